The van der Waals surface area contributed by atoms with E-state index in [9.17, 15) is 33.9 Å². The normalized spacial score (nSPS) is 13.2. The molecule has 2 heterocycles. The number of carboxylic acid groups (broad SMARTS) is 2. The highest BCUT2D eigenvalue weighted by molar-refractivity contribution is 8.47. The summed E-state index contributed by atoms with van der Waals surface area (Å²) in [6.45, 7) is 12.4. The van der Waals surface area contributed by atoms with E-state index >= 15 is 0 Å². The largest absolute Gasteiger partial charge is 0.481 e. The monoisotopic (exact) mass is 1160 g/mol. The van der Waals surface area contributed by atoms with E-state index < -0.39 is 34.4 Å². The molecule has 1 aromatic heterocycles. The van der Waals surface area contributed by atoms with Gasteiger partial charge in [0.2, 0.25) is 5.91 Å². The number of allylic oxidation sites excluding steroid dienone is 1. The molecule has 0 bridgehead atoms. The zero-order valence-corrected chi connectivity index (χ0v) is 50.4. The Bertz CT molecular complexity index is 2340. The highest BCUT2D eigenvalue weighted by atomic mass is 32.2. The van der Waals surface area contributed by atoms with Crippen LogP contribution in [0.4, 0.5) is 0 Å². The van der Waals surface area contributed by atoms with E-state index in [2.05, 4.69) is 25.4 Å². The van der Waals surface area contributed by atoms with E-state index in [0.717, 1.165) is 47.2 Å². The van der Waals surface area contributed by atoms with Crippen LogP contribution >= 0.6 is 71.5 Å². The van der Waals surface area contributed by atoms with Gasteiger partial charge in [0.25, 0.3) is 5.56 Å². The Hall–Kier alpha value is -3.74. The molecule has 2 aromatic carbocycles. The topological polar surface area (TPSA) is 167 Å². The third-order valence-electron chi connectivity index (χ3n) is 12.5. The van der Waals surface area contributed by atoms with Crippen LogP contribution in [-0.2, 0) is 32.3 Å². The van der Waals surface area contributed by atoms with Crippen LogP contribution in [0.2, 0.25) is 0 Å². The van der Waals surface area contributed by atoms with Gasteiger partial charge in [0.15, 0.2) is 5.78 Å². The number of carbonyl (C=O) groups excluding carboxylic acids is 2. The fourth-order valence-electron chi connectivity index (χ4n) is 7.81. The molecular formula is C59H85N3O8S6. The summed E-state index contributed by atoms with van der Waals surface area (Å²) in [5.74, 6) is -0.346. The molecule has 420 valence electrons. The van der Waals surface area contributed by atoms with Crippen LogP contribution in [0, 0.1) is 5.92 Å². The second kappa shape index (κ2) is 42.2. The molecule has 0 aliphatic carbocycles. The number of hydrogen-bond donors (Lipinski definition) is 3. The van der Waals surface area contributed by atoms with Gasteiger partial charge in [-0.05, 0) is 66.0 Å². The number of aromatic amines is 1. The Morgan fingerprint density at radius 3 is 1.59 bits per heavy atom. The van der Waals surface area contributed by atoms with Gasteiger partial charge in [-0.3, -0.25) is 33.5 Å². The molecule has 11 nitrogen and oxygen atoms in total. The zero-order valence-electron chi connectivity index (χ0n) is 45.5. The SMILES string of the molecule is C=Cc1ccc(CN2C=CC(=O)CC2=O)cc1.CCCCCCCCCCCCSC(=S)SC(C)C(=O)O.CCCCCCCCCCCCSC(=S)SC(CC(C)C(=O)O)c1ccc(Cn2ccc(=O)[nH]c2=O)cc1. The number of unbranched alkanes of at least 4 members (excludes halogenated alkanes) is 18. The number of thiocarbonyl (C=S) groups is 2. The van der Waals surface area contributed by atoms with Gasteiger partial charge in [-0.15, -0.1) is 23.5 Å². The van der Waals surface area contributed by atoms with E-state index in [1.54, 1.807) is 66.3 Å². The number of aliphatic carboxylic acids is 2. The highest BCUT2D eigenvalue weighted by Crippen LogP contribution is 2.39. The number of nitrogens with one attached hydrogen (secondary N) is 1. The molecule has 0 saturated heterocycles. The molecule has 1 aliphatic rings. The number of aromatic nitrogens is 2. The molecular weight excluding hydrogens is 1070 g/mol. The number of benzene rings is 2. The minimum Gasteiger partial charge on any atom is -0.481 e. The van der Waals surface area contributed by atoms with E-state index in [-0.39, 0.29) is 23.4 Å². The van der Waals surface area contributed by atoms with Crippen molar-refractivity contribution in [1.82, 2.24) is 14.5 Å². The fraction of sp³-hybridized carbons (Fsp3) is 0.559. The summed E-state index contributed by atoms with van der Waals surface area (Å²) in [5.41, 5.74) is 3.14. The second-order valence-corrected chi connectivity index (χ2v) is 26.3. The second-order valence-electron chi connectivity index (χ2n) is 19.1. The zero-order chi connectivity index (χ0) is 55.9. The Labute approximate surface area is 481 Å². The van der Waals surface area contributed by atoms with Crippen LogP contribution in [0.3, 0.4) is 0 Å². The quantitative estimate of drug-likeness (QED) is 0.0294. The van der Waals surface area contributed by atoms with Gasteiger partial charge < -0.3 is 15.1 Å². The van der Waals surface area contributed by atoms with Gasteiger partial charge in [0, 0.05) is 23.7 Å². The smallest absolute Gasteiger partial charge is 0.328 e. The molecule has 4 rings (SSSR count). The van der Waals surface area contributed by atoms with Crippen molar-refractivity contribution in [3.8, 4) is 0 Å². The summed E-state index contributed by atoms with van der Waals surface area (Å²) in [6.07, 6.45) is 33.2. The number of rotatable bonds is 34. The van der Waals surface area contributed by atoms with Crippen molar-refractivity contribution < 1.29 is 29.4 Å². The fourth-order valence-corrected chi connectivity index (χ4v) is 13.2. The predicted molar refractivity (Wildman–Crippen MR) is 333 cm³/mol. The maximum Gasteiger partial charge on any atom is 0.328 e. The van der Waals surface area contributed by atoms with Crippen LogP contribution < -0.4 is 11.2 Å². The molecule has 17 heteroatoms. The first-order valence-corrected chi connectivity index (χ1v) is 31.8. The maximum atomic E-state index is 12.0. The Morgan fingerprint density at radius 1 is 0.658 bits per heavy atom. The highest BCUT2D eigenvalue weighted by Gasteiger charge is 2.23. The van der Waals surface area contributed by atoms with Crippen LogP contribution in [0.1, 0.15) is 196 Å². The Kier molecular flexibility index (Phi) is 38.0. The van der Waals surface area contributed by atoms with Crippen molar-refractivity contribution in [2.75, 3.05) is 11.5 Å². The van der Waals surface area contributed by atoms with Crippen LogP contribution in [0.15, 0.2) is 89.2 Å². The lowest BCUT2D eigenvalue weighted by Gasteiger charge is -2.20. The maximum absolute atomic E-state index is 12.0. The summed E-state index contributed by atoms with van der Waals surface area (Å²) in [5, 5.41) is 17.8. The summed E-state index contributed by atoms with van der Waals surface area (Å²) in [6, 6.07) is 17.0. The lowest BCUT2D eigenvalue weighted by atomic mass is 10.00. The number of amides is 1. The molecule has 76 heavy (non-hydrogen) atoms. The van der Waals surface area contributed by atoms with Crippen molar-refractivity contribution in [1.29, 1.82) is 0 Å². The molecule has 0 radical (unpaired) electrons. The van der Waals surface area contributed by atoms with Crippen LogP contribution in [0.25, 0.3) is 6.08 Å². The number of H-pyrrole nitrogens is 1. The molecule has 3 atom stereocenters. The molecule has 0 fully saturated rings. The van der Waals surface area contributed by atoms with Crippen LogP contribution in [0.5, 0.6) is 0 Å². The summed E-state index contributed by atoms with van der Waals surface area (Å²) in [4.78, 5) is 71.9. The van der Waals surface area contributed by atoms with Crippen molar-refractivity contribution >= 4 is 108 Å². The summed E-state index contributed by atoms with van der Waals surface area (Å²) < 4.78 is 3.06. The molecule has 3 aromatic rings. The number of carboxylic acids is 2. The van der Waals surface area contributed by atoms with E-state index in [0.29, 0.717) is 19.5 Å². The number of ketones is 1. The minimum absolute atomic E-state index is 0.0265. The molecule has 1 aliphatic heterocycles. The third-order valence-corrected chi connectivity index (χ3v) is 18.3. The molecule has 0 spiro atoms. The summed E-state index contributed by atoms with van der Waals surface area (Å²) >= 11 is 17.0. The van der Waals surface area contributed by atoms with E-state index in [1.807, 2.05) is 48.5 Å². The first kappa shape index (κ1) is 68.4. The van der Waals surface area contributed by atoms with Gasteiger partial charge >= 0.3 is 17.6 Å². The summed E-state index contributed by atoms with van der Waals surface area (Å²) in [7, 11) is 0. The van der Waals surface area contributed by atoms with Crippen LogP contribution in [-0.4, -0.2) is 72.1 Å². The third kappa shape index (κ3) is 32.2. The minimum atomic E-state index is -0.811. The predicted octanol–water partition coefficient (Wildman–Crippen LogP) is 15.7. The lowest BCUT2D eigenvalue weighted by Crippen LogP contribution is -2.30. The first-order chi connectivity index (χ1) is 36.6. The number of hydrogen-bond acceptors (Lipinski definition) is 12. The Balaban J connectivity index is 0.000000435. The van der Waals surface area contributed by atoms with Crippen molar-refractivity contribution in [2.24, 2.45) is 5.92 Å². The van der Waals surface area contributed by atoms with Gasteiger partial charge in [0.05, 0.1) is 25.4 Å². The van der Waals surface area contributed by atoms with Gasteiger partial charge in [-0.2, -0.15) is 0 Å². The molecule has 0 saturated carbocycles. The van der Waals surface area contributed by atoms with Gasteiger partial charge in [0.1, 0.15) is 12.3 Å². The molecule has 1 amide bonds. The Morgan fingerprint density at radius 2 is 1.13 bits per heavy atom. The van der Waals surface area contributed by atoms with E-state index in [4.69, 9.17) is 29.5 Å². The number of carbonyl (C=O) groups is 4. The molecule has 3 unspecified atom stereocenters. The first-order valence-electron chi connectivity index (χ1n) is 27.3. The van der Waals surface area contributed by atoms with Crippen molar-refractivity contribution in [3.05, 3.63) is 123 Å². The van der Waals surface area contributed by atoms with Crippen molar-refractivity contribution in [2.45, 2.75) is 193 Å². The number of nitrogens with zero attached hydrogens (tertiary/aromatic N) is 2. The van der Waals surface area contributed by atoms with Gasteiger partial charge in [-0.25, -0.2) is 4.79 Å². The van der Waals surface area contributed by atoms with Gasteiger partial charge in [-0.1, -0.05) is 245 Å². The van der Waals surface area contributed by atoms with E-state index in [1.165, 1.54) is 157 Å². The average Bonchev–Trinajstić information content (AvgIpc) is 3.39. The molecule has 3 N–H and O–H groups in total. The number of thioether (sulfide) groups is 4. The lowest BCUT2D eigenvalue weighted by molar-refractivity contribution is -0.141. The van der Waals surface area contributed by atoms with Crippen molar-refractivity contribution in [3.63, 3.8) is 0 Å². The average molecular weight is 1160 g/mol. The standard InChI is InChI=1S/C29H42N2O4S3.C16H30O2S3.C14H13NO2/c1-3-4-5-6-7-8-9-10-11-12-19-37-29(36)38-25(20-22(2)27(33)34)24-15-13-23(14-16-24)21-31-18-17-26(32)30-28(31)35;1-3-4-5-6-7-8-9-10-11-12-13-20-16(19)21-14(2)15(17)18;1-2-11-3-5-12(6-4-11)10-15-8-7-13(16)9-14(15)17/h13-18,22,25H,3-12,19-21H2,1-2H3,(H,33,34)(H,30,32,35);14H,3-13H2,1-2H3,(H,17,18);2-8H,1,9-10H2.